The van der Waals surface area contributed by atoms with E-state index in [2.05, 4.69) is 4.98 Å². The molecule has 0 radical (unpaired) electrons. The number of hydrogen-bond donors (Lipinski definition) is 1. The van der Waals surface area contributed by atoms with E-state index < -0.39 is 0 Å². The van der Waals surface area contributed by atoms with Crippen LogP contribution in [0.1, 0.15) is 11.1 Å². The minimum atomic E-state index is 0.868. The Morgan fingerprint density at radius 1 is 1.44 bits per heavy atom. The molecule has 0 saturated carbocycles. The molecule has 0 aromatic carbocycles. The molecule has 2 heteroatoms. The van der Waals surface area contributed by atoms with Crippen molar-refractivity contribution in [3.8, 4) is 5.88 Å². The minimum Gasteiger partial charge on any atom is -0.482 e. The fourth-order valence-corrected chi connectivity index (χ4v) is 0.781. The zero-order chi connectivity index (χ0) is 6.85. The lowest BCUT2D eigenvalue weighted by atomic mass is 10.2. The first kappa shape index (κ1) is 6.20. The smallest absolute Gasteiger partial charge is 0.193 e. The van der Waals surface area contributed by atoms with E-state index in [4.69, 9.17) is 4.74 Å². The Labute approximate surface area is 54.8 Å². The molecule has 0 unspecified atom stereocenters. The number of hydrogen-bond acceptors (Lipinski definition) is 1. The highest BCUT2D eigenvalue weighted by Crippen LogP contribution is 2.17. The van der Waals surface area contributed by atoms with Gasteiger partial charge in [0.25, 0.3) is 0 Å². The average molecular weight is 125 g/mol. The Morgan fingerprint density at radius 2 is 2.11 bits per heavy atom. The molecule has 1 aromatic rings. The van der Waals surface area contributed by atoms with Crippen molar-refractivity contribution in [1.82, 2.24) is 4.98 Å². The van der Waals surface area contributed by atoms with Gasteiger partial charge in [-0.15, -0.1) is 0 Å². The van der Waals surface area contributed by atoms with Crippen LogP contribution < -0.4 is 4.74 Å². The van der Waals surface area contributed by atoms with Crippen LogP contribution in [-0.2, 0) is 0 Å². The molecule has 0 aliphatic rings. The van der Waals surface area contributed by atoms with Crippen LogP contribution in [0, 0.1) is 13.8 Å². The molecule has 50 valence electrons. The summed E-state index contributed by atoms with van der Waals surface area (Å²) >= 11 is 0. The normalized spacial score (nSPS) is 9.67. The van der Waals surface area contributed by atoms with Crippen LogP contribution in [0.3, 0.4) is 0 Å². The van der Waals surface area contributed by atoms with Crippen molar-refractivity contribution in [1.29, 1.82) is 0 Å². The van der Waals surface area contributed by atoms with Crippen LogP contribution in [-0.4, -0.2) is 12.1 Å². The Hall–Kier alpha value is -0.920. The summed E-state index contributed by atoms with van der Waals surface area (Å²) in [5.74, 6) is 0.868. The molecule has 0 atom stereocenters. The predicted molar refractivity (Wildman–Crippen MR) is 36.8 cm³/mol. The minimum absolute atomic E-state index is 0.868. The maximum Gasteiger partial charge on any atom is 0.193 e. The molecule has 0 amide bonds. The van der Waals surface area contributed by atoms with Gasteiger partial charge in [-0.25, -0.2) is 0 Å². The Balaban J connectivity index is 3.04. The third-order valence-electron chi connectivity index (χ3n) is 1.56. The van der Waals surface area contributed by atoms with Gasteiger partial charge < -0.3 is 9.72 Å². The first-order chi connectivity index (χ1) is 4.25. The van der Waals surface area contributed by atoms with E-state index in [0.717, 1.165) is 5.88 Å². The Morgan fingerprint density at radius 3 is 2.33 bits per heavy atom. The fraction of sp³-hybridized carbons (Fsp3) is 0.429. The zero-order valence-electron chi connectivity index (χ0n) is 5.99. The van der Waals surface area contributed by atoms with Crippen molar-refractivity contribution >= 4 is 0 Å². The maximum atomic E-state index is 5.01. The first-order valence-electron chi connectivity index (χ1n) is 2.94. The van der Waals surface area contributed by atoms with E-state index in [0.29, 0.717) is 0 Å². The molecule has 1 aromatic heterocycles. The van der Waals surface area contributed by atoms with Gasteiger partial charge in [-0.2, -0.15) is 0 Å². The number of methoxy groups -OCH3 is 1. The van der Waals surface area contributed by atoms with Crippen LogP contribution in [0.2, 0.25) is 0 Å². The van der Waals surface area contributed by atoms with Gasteiger partial charge in [-0.1, -0.05) is 0 Å². The molecule has 1 N–H and O–H groups in total. The van der Waals surface area contributed by atoms with Crippen LogP contribution in [0.15, 0.2) is 6.20 Å². The standard InChI is InChI=1S/C7H11NO/c1-5-4-8-7(9-3)6(5)2/h4,8H,1-3H3. The van der Waals surface area contributed by atoms with E-state index >= 15 is 0 Å². The van der Waals surface area contributed by atoms with Crippen LogP contribution in [0.5, 0.6) is 5.88 Å². The second kappa shape index (κ2) is 2.13. The lowest BCUT2D eigenvalue weighted by molar-refractivity contribution is 0.397. The van der Waals surface area contributed by atoms with Gasteiger partial charge in [0, 0.05) is 11.8 Å². The number of aromatic nitrogens is 1. The lowest BCUT2D eigenvalue weighted by Crippen LogP contribution is -1.83. The molecule has 0 spiro atoms. The largest absolute Gasteiger partial charge is 0.482 e. The number of nitrogens with one attached hydrogen (secondary N) is 1. The van der Waals surface area contributed by atoms with Crippen molar-refractivity contribution in [2.75, 3.05) is 7.11 Å². The van der Waals surface area contributed by atoms with Gasteiger partial charge in [0.15, 0.2) is 5.88 Å². The summed E-state index contributed by atoms with van der Waals surface area (Å²) in [5.41, 5.74) is 2.43. The van der Waals surface area contributed by atoms with Gasteiger partial charge in [-0.3, -0.25) is 0 Å². The zero-order valence-corrected chi connectivity index (χ0v) is 5.99. The molecule has 0 fully saturated rings. The summed E-state index contributed by atoms with van der Waals surface area (Å²) in [5, 5.41) is 0. The molecule has 0 aliphatic heterocycles. The van der Waals surface area contributed by atoms with Gasteiger partial charge in [-0.05, 0) is 19.4 Å². The van der Waals surface area contributed by atoms with Crippen LogP contribution in [0.4, 0.5) is 0 Å². The van der Waals surface area contributed by atoms with Gasteiger partial charge in [0.2, 0.25) is 0 Å². The summed E-state index contributed by atoms with van der Waals surface area (Å²) in [6.45, 7) is 4.08. The highest BCUT2D eigenvalue weighted by molar-refractivity contribution is 5.32. The van der Waals surface area contributed by atoms with Gasteiger partial charge >= 0.3 is 0 Å². The SMILES string of the molecule is COc1[nH]cc(C)c1C. The number of aryl methyl sites for hydroxylation is 1. The lowest BCUT2D eigenvalue weighted by Gasteiger charge is -1.95. The van der Waals surface area contributed by atoms with E-state index in [1.54, 1.807) is 7.11 Å². The molecule has 0 aliphatic carbocycles. The summed E-state index contributed by atoms with van der Waals surface area (Å²) < 4.78 is 5.01. The van der Waals surface area contributed by atoms with Crippen molar-refractivity contribution in [3.63, 3.8) is 0 Å². The van der Waals surface area contributed by atoms with E-state index in [1.165, 1.54) is 11.1 Å². The molecule has 0 bridgehead atoms. The Bertz CT molecular complexity index is 203. The quantitative estimate of drug-likeness (QED) is 0.606. The molecule has 1 rings (SSSR count). The predicted octanol–water partition coefficient (Wildman–Crippen LogP) is 1.64. The number of ether oxygens (including phenoxy) is 1. The second-order valence-corrected chi connectivity index (χ2v) is 2.13. The van der Waals surface area contributed by atoms with E-state index in [-0.39, 0.29) is 0 Å². The number of aromatic amines is 1. The molecule has 9 heavy (non-hydrogen) atoms. The second-order valence-electron chi connectivity index (χ2n) is 2.13. The number of H-pyrrole nitrogens is 1. The third-order valence-corrected chi connectivity index (χ3v) is 1.56. The first-order valence-corrected chi connectivity index (χ1v) is 2.94. The van der Waals surface area contributed by atoms with Crippen molar-refractivity contribution in [2.24, 2.45) is 0 Å². The van der Waals surface area contributed by atoms with E-state index in [1.807, 2.05) is 20.0 Å². The van der Waals surface area contributed by atoms with Gasteiger partial charge in [0.05, 0.1) is 7.11 Å². The molecular weight excluding hydrogens is 114 g/mol. The molecule has 0 saturated heterocycles. The summed E-state index contributed by atoms with van der Waals surface area (Å²) in [4.78, 5) is 3.00. The van der Waals surface area contributed by atoms with Crippen molar-refractivity contribution in [2.45, 2.75) is 13.8 Å². The molecule has 2 nitrogen and oxygen atoms in total. The van der Waals surface area contributed by atoms with Crippen LogP contribution in [0.25, 0.3) is 0 Å². The average Bonchev–Trinajstić information content (AvgIpc) is 2.15. The molecular formula is C7H11NO. The number of rotatable bonds is 1. The van der Waals surface area contributed by atoms with Gasteiger partial charge in [0.1, 0.15) is 0 Å². The topological polar surface area (TPSA) is 25.0 Å². The summed E-state index contributed by atoms with van der Waals surface area (Å²) in [6, 6.07) is 0. The Kier molecular flexibility index (Phi) is 1.47. The van der Waals surface area contributed by atoms with Crippen molar-refractivity contribution < 1.29 is 4.74 Å². The third kappa shape index (κ3) is 0.922. The van der Waals surface area contributed by atoms with Crippen molar-refractivity contribution in [3.05, 3.63) is 17.3 Å². The van der Waals surface area contributed by atoms with Crippen LogP contribution >= 0.6 is 0 Å². The molecule has 1 heterocycles. The highest BCUT2D eigenvalue weighted by atomic mass is 16.5. The van der Waals surface area contributed by atoms with E-state index in [9.17, 15) is 0 Å². The monoisotopic (exact) mass is 125 g/mol. The summed E-state index contributed by atoms with van der Waals surface area (Å²) in [7, 11) is 1.66. The maximum absolute atomic E-state index is 5.01. The fourth-order valence-electron chi connectivity index (χ4n) is 0.781. The highest BCUT2D eigenvalue weighted by Gasteiger charge is 2.00. The summed E-state index contributed by atoms with van der Waals surface area (Å²) in [6.07, 6.45) is 1.94.